The molecule has 156 valence electrons. The lowest BCUT2D eigenvalue weighted by Crippen LogP contribution is -2.24. The predicted molar refractivity (Wildman–Crippen MR) is 118 cm³/mol. The molecule has 0 radical (unpaired) electrons. The molecule has 2 amide bonds. The molecule has 2 N–H and O–H groups in total. The highest BCUT2D eigenvalue weighted by Crippen LogP contribution is 2.15. The van der Waals surface area contributed by atoms with Gasteiger partial charge in [0.2, 0.25) is 11.8 Å². The summed E-state index contributed by atoms with van der Waals surface area (Å²) in [6.45, 7) is 7.97. The Morgan fingerprint density at radius 1 is 1.31 bits per heavy atom. The van der Waals surface area contributed by atoms with Crippen LogP contribution in [0.4, 0.5) is 0 Å². The van der Waals surface area contributed by atoms with E-state index in [2.05, 4.69) is 21.7 Å². The normalized spacial score (nSPS) is 12.9. The number of rotatable bonds is 10. The number of hydrogen-bond acceptors (Lipinski definition) is 3. The zero-order valence-electron chi connectivity index (χ0n) is 18.1. The first kappa shape index (κ1) is 24.0. The quantitative estimate of drug-likeness (QED) is 0.471. The summed E-state index contributed by atoms with van der Waals surface area (Å²) in [6.07, 6.45) is 16.5. The fourth-order valence-corrected chi connectivity index (χ4v) is 2.77. The van der Waals surface area contributed by atoms with Crippen LogP contribution in [0.5, 0.6) is 0 Å². The number of amides is 2. The van der Waals surface area contributed by atoms with Gasteiger partial charge in [-0.25, -0.2) is 0 Å². The maximum atomic E-state index is 12.1. The van der Waals surface area contributed by atoms with E-state index >= 15 is 0 Å². The number of aromatic nitrogens is 2. The van der Waals surface area contributed by atoms with Gasteiger partial charge >= 0.3 is 0 Å². The standard InChI is InChI=1S/C23H32N4O2/c1-7-11-21(25-20(5)28)12-9-8-10-15-24-23(29)16-17(2)13-14-22-18(3)19(4)26-27(22)6/h1,8,10,12-14,17H,9,11,15-16H2,2-6H3,(H,24,29)(H,25,28)/b10-8-,14-13-,21-12+. The minimum atomic E-state index is -0.139. The van der Waals surface area contributed by atoms with Gasteiger partial charge in [-0.05, 0) is 37.8 Å². The molecule has 0 aliphatic carbocycles. The maximum Gasteiger partial charge on any atom is 0.221 e. The van der Waals surface area contributed by atoms with Crippen molar-refractivity contribution >= 4 is 17.9 Å². The van der Waals surface area contributed by atoms with Gasteiger partial charge in [-0.1, -0.05) is 31.2 Å². The fourth-order valence-electron chi connectivity index (χ4n) is 2.77. The number of nitrogens with one attached hydrogen (secondary N) is 2. The Morgan fingerprint density at radius 2 is 2.03 bits per heavy atom. The Hall–Kier alpha value is -3.07. The van der Waals surface area contributed by atoms with Crippen LogP contribution in [-0.4, -0.2) is 28.1 Å². The fraction of sp³-hybridized carbons (Fsp3) is 0.435. The molecule has 0 bridgehead atoms. The summed E-state index contributed by atoms with van der Waals surface area (Å²) in [7, 11) is 1.92. The van der Waals surface area contributed by atoms with Gasteiger partial charge in [0, 0.05) is 39.1 Å². The average molecular weight is 397 g/mol. The summed E-state index contributed by atoms with van der Waals surface area (Å²) in [5, 5.41) is 9.99. The highest BCUT2D eigenvalue weighted by atomic mass is 16.2. The van der Waals surface area contributed by atoms with E-state index < -0.39 is 0 Å². The Kier molecular flexibility index (Phi) is 10.2. The lowest BCUT2D eigenvalue weighted by Gasteiger charge is -2.07. The average Bonchev–Trinajstić information content (AvgIpc) is 2.87. The second-order valence-electron chi connectivity index (χ2n) is 7.06. The van der Waals surface area contributed by atoms with Gasteiger partial charge in [0.25, 0.3) is 0 Å². The van der Waals surface area contributed by atoms with Crippen LogP contribution in [0.15, 0.2) is 30.0 Å². The molecule has 0 aliphatic rings. The first-order valence-electron chi connectivity index (χ1n) is 9.74. The number of nitrogens with zero attached hydrogens (tertiary/aromatic N) is 2. The Labute approximate surface area is 174 Å². The zero-order chi connectivity index (χ0) is 21.8. The molecule has 0 aliphatic heterocycles. The minimum absolute atomic E-state index is 0.00604. The van der Waals surface area contributed by atoms with Crippen molar-refractivity contribution in [1.29, 1.82) is 0 Å². The van der Waals surface area contributed by atoms with Crippen molar-refractivity contribution in [3.8, 4) is 12.3 Å². The molecular weight excluding hydrogens is 364 g/mol. The molecule has 1 atom stereocenters. The van der Waals surface area contributed by atoms with Crippen molar-refractivity contribution in [3.63, 3.8) is 0 Å². The second kappa shape index (κ2) is 12.4. The van der Waals surface area contributed by atoms with Crippen LogP contribution in [0.2, 0.25) is 0 Å². The highest BCUT2D eigenvalue weighted by Gasteiger charge is 2.08. The van der Waals surface area contributed by atoms with Crippen molar-refractivity contribution in [3.05, 3.63) is 47.0 Å². The maximum absolute atomic E-state index is 12.1. The van der Waals surface area contributed by atoms with Crippen LogP contribution in [0.3, 0.4) is 0 Å². The summed E-state index contributed by atoms with van der Waals surface area (Å²) < 4.78 is 1.86. The number of allylic oxidation sites excluding steroid dienone is 4. The summed E-state index contributed by atoms with van der Waals surface area (Å²) >= 11 is 0. The molecule has 0 saturated carbocycles. The van der Waals surface area contributed by atoms with Crippen molar-refractivity contribution in [2.24, 2.45) is 13.0 Å². The molecule has 1 aromatic rings. The summed E-state index contributed by atoms with van der Waals surface area (Å²) in [4.78, 5) is 23.2. The first-order chi connectivity index (χ1) is 13.7. The zero-order valence-corrected chi connectivity index (χ0v) is 18.1. The van der Waals surface area contributed by atoms with E-state index in [1.165, 1.54) is 6.92 Å². The van der Waals surface area contributed by atoms with Gasteiger partial charge < -0.3 is 10.6 Å². The predicted octanol–water partition coefficient (Wildman–Crippen LogP) is 3.18. The van der Waals surface area contributed by atoms with Gasteiger partial charge in [0.15, 0.2) is 0 Å². The van der Waals surface area contributed by atoms with E-state index in [1.54, 1.807) is 0 Å². The molecule has 6 nitrogen and oxygen atoms in total. The third kappa shape index (κ3) is 9.11. The molecular formula is C23H32N4O2. The summed E-state index contributed by atoms with van der Waals surface area (Å²) in [5.74, 6) is 2.50. The molecule has 6 heteroatoms. The molecule has 1 unspecified atom stereocenters. The molecule has 1 heterocycles. The number of hydrogen-bond donors (Lipinski definition) is 2. The van der Waals surface area contributed by atoms with Crippen molar-refractivity contribution in [1.82, 2.24) is 20.4 Å². The Morgan fingerprint density at radius 3 is 2.62 bits per heavy atom. The molecule has 0 fully saturated rings. The van der Waals surface area contributed by atoms with Gasteiger partial charge in [-0.3, -0.25) is 14.3 Å². The van der Waals surface area contributed by atoms with Crippen LogP contribution in [-0.2, 0) is 16.6 Å². The second-order valence-corrected chi connectivity index (χ2v) is 7.06. The van der Waals surface area contributed by atoms with Crippen LogP contribution in [0.25, 0.3) is 6.08 Å². The van der Waals surface area contributed by atoms with Crippen molar-refractivity contribution < 1.29 is 9.59 Å². The van der Waals surface area contributed by atoms with Crippen LogP contribution >= 0.6 is 0 Å². The number of aryl methyl sites for hydroxylation is 2. The van der Waals surface area contributed by atoms with Crippen LogP contribution < -0.4 is 10.6 Å². The smallest absolute Gasteiger partial charge is 0.221 e. The van der Waals surface area contributed by atoms with Crippen LogP contribution in [0, 0.1) is 32.1 Å². The van der Waals surface area contributed by atoms with E-state index in [9.17, 15) is 9.59 Å². The van der Waals surface area contributed by atoms with E-state index in [4.69, 9.17) is 6.42 Å². The third-order valence-corrected chi connectivity index (χ3v) is 4.38. The topological polar surface area (TPSA) is 76.0 Å². The summed E-state index contributed by atoms with van der Waals surface area (Å²) in [5.41, 5.74) is 3.95. The lowest BCUT2D eigenvalue weighted by molar-refractivity contribution is -0.121. The molecule has 1 aromatic heterocycles. The van der Waals surface area contributed by atoms with E-state index in [0.717, 1.165) is 17.0 Å². The Balaban J connectivity index is 2.39. The van der Waals surface area contributed by atoms with E-state index in [1.807, 2.05) is 62.9 Å². The van der Waals surface area contributed by atoms with E-state index in [-0.39, 0.29) is 17.7 Å². The van der Waals surface area contributed by atoms with Gasteiger partial charge in [0.05, 0.1) is 11.4 Å². The highest BCUT2D eigenvalue weighted by molar-refractivity contribution is 5.76. The lowest BCUT2D eigenvalue weighted by atomic mass is 10.1. The molecule has 0 aromatic carbocycles. The number of carbonyl (C=O) groups is 2. The molecule has 0 spiro atoms. The monoisotopic (exact) mass is 396 g/mol. The molecule has 29 heavy (non-hydrogen) atoms. The van der Waals surface area contributed by atoms with Gasteiger partial charge in [-0.15, -0.1) is 12.3 Å². The molecule has 0 saturated heterocycles. The SMILES string of the molecule is C#CC/C(=C\C/C=C\CNC(=O)CC(C)/C=C\c1c(C)c(C)nn1C)NC(C)=O. The Bertz CT molecular complexity index is 838. The molecule has 1 rings (SSSR count). The number of carbonyl (C=O) groups excluding carboxylic acids is 2. The van der Waals surface area contributed by atoms with Crippen molar-refractivity contribution in [2.75, 3.05) is 6.54 Å². The third-order valence-electron chi connectivity index (χ3n) is 4.38. The summed E-state index contributed by atoms with van der Waals surface area (Å²) in [6, 6.07) is 0. The van der Waals surface area contributed by atoms with E-state index in [0.29, 0.717) is 31.5 Å². The largest absolute Gasteiger partial charge is 0.353 e. The minimum Gasteiger partial charge on any atom is -0.353 e. The van der Waals surface area contributed by atoms with Crippen molar-refractivity contribution in [2.45, 2.75) is 47.0 Å². The van der Waals surface area contributed by atoms with Gasteiger partial charge in [-0.2, -0.15) is 5.10 Å². The van der Waals surface area contributed by atoms with Crippen LogP contribution in [0.1, 0.15) is 50.1 Å². The number of terminal acetylenes is 1. The first-order valence-corrected chi connectivity index (χ1v) is 9.74. The van der Waals surface area contributed by atoms with Gasteiger partial charge in [0.1, 0.15) is 0 Å².